The lowest BCUT2D eigenvalue weighted by molar-refractivity contribution is 0.0981. The van der Waals surface area contributed by atoms with Crippen molar-refractivity contribution in [3.8, 4) is 0 Å². The maximum Gasteiger partial charge on any atom is 0.266 e. The number of carbonyl (C=O) groups is 1. The molecule has 1 N–H and O–H groups in total. The molecule has 2 aliphatic rings. The van der Waals surface area contributed by atoms with Gasteiger partial charge in [-0.3, -0.25) is 4.79 Å². The number of fused-ring (bicyclic) bond motifs is 2. The van der Waals surface area contributed by atoms with Crippen LogP contribution in [0.4, 0.5) is 0 Å². The van der Waals surface area contributed by atoms with Gasteiger partial charge in [-0.05, 0) is 43.2 Å². The molecule has 4 nitrogen and oxygen atoms in total. The van der Waals surface area contributed by atoms with E-state index in [0.717, 1.165) is 19.3 Å². The molecule has 1 unspecified atom stereocenters. The number of amides is 1. The lowest BCUT2D eigenvalue weighted by Gasteiger charge is -2.22. The van der Waals surface area contributed by atoms with E-state index in [-0.39, 0.29) is 16.5 Å². The summed E-state index contributed by atoms with van der Waals surface area (Å²) in [5.74, 6) is 0.0758. The molecule has 2 bridgehead atoms. The second-order valence-corrected chi connectivity index (χ2v) is 7.98. The van der Waals surface area contributed by atoms with Gasteiger partial charge in [-0.2, -0.15) is 0 Å². The minimum Gasteiger partial charge on any atom is -0.268 e. The fraction of sp³-hybridized carbons (Fsp3) is 0.500. The molecular formula is C14H16ClNO3S. The van der Waals surface area contributed by atoms with Crippen molar-refractivity contribution in [1.82, 2.24) is 4.72 Å². The van der Waals surface area contributed by atoms with Crippen molar-refractivity contribution < 1.29 is 13.2 Å². The summed E-state index contributed by atoms with van der Waals surface area (Å²) < 4.78 is 26.9. The largest absolute Gasteiger partial charge is 0.268 e. The Morgan fingerprint density at radius 3 is 2.55 bits per heavy atom. The number of benzene rings is 1. The van der Waals surface area contributed by atoms with Crippen LogP contribution < -0.4 is 4.72 Å². The van der Waals surface area contributed by atoms with E-state index in [1.807, 2.05) is 0 Å². The molecule has 108 valence electrons. The third-order valence-corrected chi connectivity index (χ3v) is 6.60. The topological polar surface area (TPSA) is 63.2 Å². The van der Waals surface area contributed by atoms with Gasteiger partial charge in [-0.25, -0.2) is 13.1 Å². The summed E-state index contributed by atoms with van der Waals surface area (Å²) in [5, 5.41) is -0.166. The van der Waals surface area contributed by atoms with Crippen molar-refractivity contribution in [2.24, 2.45) is 11.8 Å². The van der Waals surface area contributed by atoms with Gasteiger partial charge in [0.15, 0.2) is 0 Å². The zero-order valence-electron chi connectivity index (χ0n) is 10.9. The van der Waals surface area contributed by atoms with Gasteiger partial charge in [0.2, 0.25) is 10.0 Å². The van der Waals surface area contributed by atoms with E-state index in [1.165, 1.54) is 6.07 Å². The molecule has 2 aliphatic carbocycles. The second kappa shape index (κ2) is 5.04. The van der Waals surface area contributed by atoms with E-state index in [9.17, 15) is 13.2 Å². The molecule has 3 atom stereocenters. The quantitative estimate of drug-likeness (QED) is 0.933. The zero-order chi connectivity index (χ0) is 14.3. The molecular weight excluding hydrogens is 298 g/mol. The molecule has 3 rings (SSSR count). The Kier molecular flexibility index (Phi) is 3.50. The average Bonchev–Trinajstić information content (AvgIpc) is 3.01. The summed E-state index contributed by atoms with van der Waals surface area (Å²) in [6.45, 7) is 0. The zero-order valence-corrected chi connectivity index (χ0v) is 12.5. The summed E-state index contributed by atoms with van der Waals surface area (Å²) in [7, 11) is -3.61. The second-order valence-electron chi connectivity index (χ2n) is 5.67. The molecule has 0 aliphatic heterocycles. The van der Waals surface area contributed by atoms with Crippen LogP contribution in [0.5, 0.6) is 0 Å². The van der Waals surface area contributed by atoms with E-state index in [2.05, 4.69) is 4.72 Å². The standard InChI is InChI=1S/C14H16ClNO3S/c15-12-4-2-1-3-11(12)14(17)16-20(18,19)13-8-9-5-6-10(13)7-9/h1-4,9-10,13H,5-8H2,(H,16,17)/t9-,10+,13?/m1/s1. The first-order valence-corrected chi connectivity index (χ1v) is 8.70. The molecule has 1 aromatic carbocycles. The molecule has 6 heteroatoms. The Morgan fingerprint density at radius 2 is 1.95 bits per heavy atom. The Balaban J connectivity index is 1.77. The van der Waals surface area contributed by atoms with Gasteiger partial charge in [-0.15, -0.1) is 0 Å². The van der Waals surface area contributed by atoms with Gasteiger partial charge in [0.05, 0.1) is 15.8 Å². The van der Waals surface area contributed by atoms with Crippen molar-refractivity contribution in [3.63, 3.8) is 0 Å². The van der Waals surface area contributed by atoms with Crippen molar-refractivity contribution >= 4 is 27.5 Å². The maximum atomic E-state index is 12.3. The molecule has 0 heterocycles. The fourth-order valence-corrected chi connectivity index (χ4v) is 5.49. The van der Waals surface area contributed by atoms with E-state index >= 15 is 0 Å². The van der Waals surface area contributed by atoms with Gasteiger partial charge in [0, 0.05) is 0 Å². The minimum atomic E-state index is -3.61. The minimum absolute atomic E-state index is 0.195. The lowest BCUT2D eigenvalue weighted by Crippen LogP contribution is -2.40. The highest BCUT2D eigenvalue weighted by Crippen LogP contribution is 2.47. The van der Waals surface area contributed by atoms with Crippen LogP contribution in [0.25, 0.3) is 0 Å². The summed E-state index contributed by atoms with van der Waals surface area (Å²) >= 11 is 5.91. The molecule has 0 aromatic heterocycles. The van der Waals surface area contributed by atoms with Gasteiger partial charge in [-0.1, -0.05) is 30.2 Å². The van der Waals surface area contributed by atoms with Crippen LogP contribution >= 0.6 is 11.6 Å². The number of rotatable bonds is 3. The highest BCUT2D eigenvalue weighted by molar-refractivity contribution is 7.90. The van der Waals surface area contributed by atoms with Crippen LogP contribution in [-0.2, 0) is 10.0 Å². The third kappa shape index (κ3) is 2.44. The maximum absolute atomic E-state index is 12.3. The number of hydrogen-bond acceptors (Lipinski definition) is 3. The number of carbonyl (C=O) groups excluding carboxylic acids is 1. The smallest absolute Gasteiger partial charge is 0.266 e. The van der Waals surface area contributed by atoms with E-state index < -0.39 is 21.2 Å². The first-order chi connectivity index (χ1) is 9.47. The highest BCUT2D eigenvalue weighted by Gasteiger charge is 2.46. The van der Waals surface area contributed by atoms with Crippen LogP contribution in [0.2, 0.25) is 5.02 Å². The molecule has 2 fully saturated rings. The Morgan fingerprint density at radius 1 is 1.20 bits per heavy atom. The predicted molar refractivity (Wildman–Crippen MR) is 77.1 cm³/mol. The van der Waals surface area contributed by atoms with Crippen LogP contribution in [0.1, 0.15) is 36.0 Å². The molecule has 0 radical (unpaired) electrons. The predicted octanol–water partition coefficient (Wildman–Crippen LogP) is 2.59. The van der Waals surface area contributed by atoms with Gasteiger partial charge in [0.25, 0.3) is 5.91 Å². The molecule has 0 saturated heterocycles. The first kappa shape index (κ1) is 13.9. The number of hydrogen-bond donors (Lipinski definition) is 1. The summed E-state index contributed by atoms with van der Waals surface area (Å²) in [5.41, 5.74) is 0.195. The van der Waals surface area contributed by atoms with Crippen LogP contribution in [-0.4, -0.2) is 19.6 Å². The highest BCUT2D eigenvalue weighted by atomic mass is 35.5. The van der Waals surface area contributed by atoms with E-state index in [0.29, 0.717) is 12.3 Å². The number of halogens is 1. The summed E-state index contributed by atoms with van der Waals surface area (Å²) in [6, 6.07) is 6.45. The SMILES string of the molecule is O=C(NS(=O)(=O)C1C[C@@H]2CC[C@H]1C2)c1ccccc1Cl. The Labute approximate surface area is 123 Å². The van der Waals surface area contributed by atoms with Crippen molar-refractivity contribution in [3.05, 3.63) is 34.9 Å². The lowest BCUT2D eigenvalue weighted by atomic mass is 10.0. The number of sulfonamides is 1. The molecule has 1 amide bonds. The van der Waals surface area contributed by atoms with Gasteiger partial charge >= 0.3 is 0 Å². The van der Waals surface area contributed by atoms with E-state index in [4.69, 9.17) is 11.6 Å². The van der Waals surface area contributed by atoms with Gasteiger partial charge in [0.1, 0.15) is 0 Å². The molecule has 2 saturated carbocycles. The Bertz CT molecular complexity index is 644. The van der Waals surface area contributed by atoms with Crippen LogP contribution in [0.3, 0.4) is 0 Å². The monoisotopic (exact) mass is 313 g/mol. The Hall–Kier alpha value is -1.07. The third-order valence-electron chi connectivity index (χ3n) is 4.43. The van der Waals surface area contributed by atoms with Crippen molar-refractivity contribution in [2.75, 3.05) is 0 Å². The fourth-order valence-electron chi connectivity index (χ4n) is 3.47. The normalized spacial score (nSPS) is 28.6. The van der Waals surface area contributed by atoms with Crippen LogP contribution in [0.15, 0.2) is 24.3 Å². The van der Waals surface area contributed by atoms with Crippen molar-refractivity contribution in [1.29, 1.82) is 0 Å². The summed E-state index contributed by atoms with van der Waals surface area (Å²) in [4.78, 5) is 12.1. The number of nitrogens with one attached hydrogen (secondary N) is 1. The van der Waals surface area contributed by atoms with E-state index in [1.54, 1.807) is 18.2 Å². The van der Waals surface area contributed by atoms with Crippen LogP contribution in [0, 0.1) is 11.8 Å². The first-order valence-electron chi connectivity index (χ1n) is 6.78. The average molecular weight is 314 g/mol. The molecule has 0 spiro atoms. The van der Waals surface area contributed by atoms with Gasteiger partial charge < -0.3 is 0 Å². The van der Waals surface area contributed by atoms with Crippen molar-refractivity contribution in [2.45, 2.75) is 30.9 Å². The molecule has 1 aromatic rings. The summed E-state index contributed by atoms with van der Waals surface area (Å²) in [6.07, 6.45) is 3.73. The molecule has 20 heavy (non-hydrogen) atoms.